The molecule has 68 heavy (non-hydrogen) atoms. The second kappa shape index (κ2) is 17.4. The van der Waals surface area contributed by atoms with Gasteiger partial charge in [0.2, 0.25) is 0 Å². The summed E-state index contributed by atoms with van der Waals surface area (Å²) in [6, 6.07) is 25.4. The van der Waals surface area contributed by atoms with Crippen molar-refractivity contribution in [1.29, 1.82) is 0 Å². The Morgan fingerprint density at radius 1 is 0.544 bits per heavy atom. The highest BCUT2D eigenvalue weighted by atomic mass is 15.0. The molecule has 0 saturated carbocycles. The van der Waals surface area contributed by atoms with Gasteiger partial charge in [-0.1, -0.05) is 12.2 Å². The van der Waals surface area contributed by atoms with Gasteiger partial charge in [0.05, 0.1) is 49.9 Å². The van der Waals surface area contributed by atoms with Crippen molar-refractivity contribution in [3.8, 4) is 34.2 Å². The Morgan fingerprint density at radius 2 is 1.09 bits per heavy atom. The Hall–Kier alpha value is -9.05. The van der Waals surface area contributed by atoms with Crippen LogP contribution in [0, 0.1) is 0 Å². The lowest BCUT2D eigenvalue weighted by Crippen LogP contribution is -2.35. The van der Waals surface area contributed by atoms with E-state index in [-0.39, 0.29) is 5.92 Å². The summed E-state index contributed by atoms with van der Waals surface area (Å²) in [5, 5.41) is 0. The number of aromatic amines is 3. The summed E-state index contributed by atoms with van der Waals surface area (Å²) in [4.78, 5) is 72.2. The largest absolute Gasteiger partial charge is 0.342 e. The first-order valence-corrected chi connectivity index (χ1v) is 22.4. The van der Waals surface area contributed by atoms with Gasteiger partial charge in [0.1, 0.15) is 29.1 Å². The topological polar surface area (TPSA) is 214 Å². The molecule has 0 fully saturated rings. The van der Waals surface area contributed by atoms with Crippen molar-refractivity contribution >= 4 is 50.7 Å². The molecule has 16 heteroatoms. The zero-order valence-corrected chi connectivity index (χ0v) is 36.4. The predicted molar refractivity (Wildman–Crippen MR) is 261 cm³/mol. The van der Waals surface area contributed by atoms with Crippen molar-refractivity contribution in [2.45, 2.75) is 43.4 Å². The summed E-state index contributed by atoms with van der Waals surface area (Å²) in [6.07, 6.45) is 28.4. The molecule has 3 aromatic carbocycles. The fourth-order valence-electron chi connectivity index (χ4n) is 8.94. The maximum atomic E-state index is 5.27. The second-order valence-corrected chi connectivity index (χ2v) is 16.6. The third-order valence-electron chi connectivity index (χ3n) is 12.2. The van der Waals surface area contributed by atoms with Crippen LogP contribution >= 0.6 is 0 Å². The zero-order chi connectivity index (χ0) is 45.3. The maximum absolute atomic E-state index is 5.27. The molecule has 0 spiro atoms. The zero-order valence-electron chi connectivity index (χ0n) is 36.4. The van der Waals surface area contributed by atoms with E-state index < -0.39 is 5.41 Å². The van der Waals surface area contributed by atoms with E-state index in [9.17, 15) is 0 Å². The minimum atomic E-state index is -0.871. The van der Waals surface area contributed by atoms with Crippen molar-refractivity contribution in [3.05, 3.63) is 182 Å². The number of allylic oxidation sites excluding steroid dienone is 4. The Balaban J connectivity index is 0.841. The molecule has 7 aromatic heterocycles. The van der Waals surface area contributed by atoms with E-state index in [1.165, 1.54) is 0 Å². The maximum Gasteiger partial charge on any atom is 0.159 e. The number of benzene rings is 3. The van der Waals surface area contributed by atoms with Crippen LogP contribution in [0.5, 0.6) is 0 Å². The normalized spacial score (nSPS) is 16.1. The fraction of sp³-hybridized carbons (Fsp3) is 0.135. The van der Waals surface area contributed by atoms with Crippen LogP contribution < -0.4 is 0 Å². The molecule has 16 nitrogen and oxygen atoms in total. The van der Waals surface area contributed by atoms with Crippen molar-refractivity contribution in [2.24, 2.45) is 9.98 Å². The number of H-pyrrole nitrogens is 3. The van der Waals surface area contributed by atoms with Crippen LogP contribution in [0.2, 0.25) is 0 Å². The number of hydrogen-bond donors (Lipinski definition) is 3. The third-order valence-corrected chi connectivity index (χ3v) is 12.2. The van der Waals surface area contributed by atoms with Crippen molar-refractivity contribution in [3.63, 3.8) is 0 Å². The summed E-state index contributed by atoms with van der Waals surface area (Å²) in [5.41, 5.74) is 8.74. The van der Waals surface area contributed by atoms with E-state index in [0.717, 1.165) is 110 Å². The molecule has 10 aromatic rings. The van der Waals surface area contributed by atoms with Gasteiger partial charge in [0.15, 0.2) is 17.5 Å². The molecule has 328 valence electrons. The average Bonchev–Trinajstić information content (AvgIpc) is 4.21. The Bertz CT molecular complexity index is 3610. The van der Waals surface area contributed by atoms with Gasteiger partial charge in [-0.25, -0.2) is 64.8 Å². The number of amidine groups is 1. The molecule has 2 aliphatic rings. The van der Waals surface area contributed by atoms with E-state index in [0.29, 0.717) is 29.7 Å². The number of rotatable bonds is 14. The van der Waals surface area contributed by atoms with Crippen molar-refractivity contribution < 1.29 is 0 Å². The molecule has 0 radical (unpaired) electrons. The van der Waals surface area contributed by atoms with Gasteiger partial charge >= 0.3 is 0 Å². The van der Waals surface area contributed by atoms with E-state index in [1.54, 1.807) is 55.6 Å². The summed E-state index contributed by atoms with van der Waals surface area (Å²) >= 11 is 0. The first-order chi connectivity index (χ1) is 33.6. The lowest BCUT2D eigenvalue weighted by molar-refractivity contribution is 0.467. The predicted octanol–water partition coefficient (Wildman–Crippen LogP) is 9.32. The Morgan fingerprint density at radius 3 is 1.72 bits per heavy atom. The van der Waals surface area contributed by atoms with Crippen LogP contribution in [0.25, 0.3) is 73.3 Å². The highest BCUT2D eigenvalue weighted by Crippen LogP contribution is 2.46. The molecule has 1 aliphatic heterocycles. The van der Waals surface area contributed by atoms with Gasteiger partial charge in [0.25, 0.3) is 0 Å². The summed E-state index contributed by atoms with van der Waals surface area (Å²) in [5.74, 6) is 5.49. The number of fused-ring (bicyclic) bond motifs is 4. The minimum absolute atomic E-state index is 0.319. The fourth-order valence-corrected chi connectivity index (χ4v) is 8.94. The van der Waals surface area contributed by atoms with E-state index >= 15 is 0 Å². The first kappa shape index (κ1) is 40.5. The third kappa shape index (κ3) is 7.93. The van der Waals surface area contributed by atoms with Crippen LogP contribution in [-0.2, 0) is 11.8 Å². The molecule has 2 atom stereocenters. The quantitative estimate of drug-likeness (QED) is 0.0875. The van der Waals surface area contributed by atoms with Gasteiger partial charge in [0, 0.05) is 85.0 Å². The van der Waals surface area contributed by atoms with E-state index in [1.807, 2.05) is 78.9 Å². The molecule has 12 rings (SSSR count). The van der Waals surface area contributed by atoms with Crippen LogP contribution in [-0.4, -0.2) is 81.3 Å². The monoisotopic (exact) mass is 888 g/mol. The molecule has 1 aliphatic carbocycles. The second-order valence-electron chi connectivity index (χ2n) is 16.6. The van der Waals surface area contributed by atoms with E-state index in [2.05, 4.69) is 69.2 Å². The number of hydrogen-bond acceptors (Lipinski definition) is 13. The SMILES string of the molecule is C(=Cc1nc2cc(-c3ncccn3)ccc2[nH]1)CC(c1nc2cc(-c3ncccn3)ccc2[nH]1)C1(c2ncccn2)C=CC2=NC(CCCCc3nc4cc(-c5ncccn5)ccc4[nH]3)=NC2=C1. The van der Waals surface area contributed by atoms with Crippen molar-refractivity contribution in [2.75, 3.05) is 0 Å². The highest BCUT2D eigenvalue weighted by Gasteiger charge is 2.44. The molecule has 8 heterocycles. The van der Waals surface area contributed by atoms with Gasteiger partial charge in [-0.2, -0.15) is 0 Å². The number of aliphatic imine (C=N–C) groups is 2. The van der Waals surface area contributed by atoms with Gasteiger partial charge < -0.3 is 15.0 Å². The molecule has 0 bridgehead atoms. The molecule has 0 saturated heterocycles. The Kier molecular flexibility index (Phi) is 10.3. The molecule has 0 amide bonds. The molecular formula is C52H40N16. The molecule has 2 unspecified atom stereocenters. The standard InChI is InChI=1S/C52H40N16/c1(9-44-61-36-15-12-32(28-40(36)64-44)47-53-20-4-21-54-47)2-10-45-63-39-18-19-52(31-43(39)66-45,51-59-26-7-27-60-51)35(50-67-38-17-14-34(30-42(38)68-50)49-57-24-6-25-58-49)8-3-11-46-62-37-16-13-33(29-41(37)65-46)48-55-22-5-23-56-48/h3-7,11-31,35H,1-2,8-10H2,(H,61,64)(H,62,65)(H,67,68). The van der Waals surface area contributed by atoms with Gasteiger partial charge in [-0.05, 0) is 116 Å². The number of aromatic nitrogens is 14. The van der Waals surface area contributed by atoms with Crippen LogP contribution in [0.4, 0.5) is 0 Å². The van der Waals surface area contributed by atoms with E-state index in [4.69, 9.17) is 34.9 Å². The number of aryl methyl sites for hydroxylation is 1. The van der Waals surface area contributed by atoms with Gasteiger partial charge in [-0.3, -0.25) is 0 Å². The summed E-state index contributed by atoms with van der Waals surface area (Å²) in [7, 11) is 0. The van der Waals surface area contributed by atoms with Crippen LogP contribution in [0.3, 0.4) is 0 Å². The number of nitrogens with zero attached hydrogens (tertiary/aromatic N) is 13. The molecule has 3 N–H and O–H groups in total. The lowest BCUT2D eigenvalue weighted by atomic mass is 9.69. The average molecular weight is 889 g/mol. The smallest absolute Gasteiger partial charge is 0.159 e. The lowest BCUT2D eigenvalue weighted by Gasteiger charge is -2.35. The molecular weight excluding hydrogens is 849 g/mol. The number of unbranched alkanes of at least 4 members (excludes halogenated alkanes) is 1. The first-order valence-electron chi connectivity index (χ1n) is 22.4. The summed E-state index contributed by atoms with van der Waals surface area (Å²) < 4.78 is 0. The van der Waals surface area contributed by atoms with Crippen LogP contribution in [0.15, 0.2) is 168 Å². The van der Waals surface area contributed by atoms with Crippen molar-refractivity contribution in [1.82, 2.24) is 69.8 Å². The van der Waals surface area contributed by atoms with Crippen LogP contribution in [0.1, 0.15) is 54.9 Å². The van der Waals surface area contributed by atoms with Gasteiger partial charge in [-0.15, -0.1) is 0 Å². The Labute approximate surface area is 388 Å². The highest BCUT2D eigenvalue weighted by molar-refractivity contribution is 6.19. The number of nitrogens with one attached hydrogen (secondary N) is 3. The minimum Gasteiger partial charge on any atom is -0.342 e. The summed E-state index contributed by atoms with van der Waals surface area (Å²) in [6.45, 7) is 0. The number of imidazole rings is 3.